The Bertz CT molecular complexity index is 921. The van der Waals surface area contributed by atoms with Gasteiger partial charge in [-0.1, -0.05) is 63.2 Å². The normalized spacial score (nSPS) is 11.4. The van der Waals surface area contributed by atoms with E-state index in [1.54, 1.807) is 6.07 Å². The highest BCUT2D eigenvalue weighted by atomic mass is 16.3. The van der Waals surface area contributed by atoms with Crippen LogP contribution >= 0.6 is 0 Å². The van der Waals surface area contributed by atoms with E-state index < -0.39 is 0 Å². The van der Waals surface area contributed by atoms with Crippen molar-refractivity contribution in [2.24, 2.45) is 0 Å². The van der Waals surface area contributed by atoms with Gasteiger partial charge >= 0.3 is 0 Å². The number of nitrogens with zero attached hydrogens (tertiary/aromatic N) is 1. The van der Waals surface area contributed by atoms with Crippen LogP contribution in [0.5, 0.6) is 5.75 Å². The maximum atomic E-state index is 10.6. The van der Waals surface area contributed by atoms with Crippen LogP contribution in [0.15, 0.2) is 54.6 Å². The first-order valence-corrected chi connectivity index (χ1v) is 7.67. The van der Waals surface area contributed by atoms with Crippen LogP contribution in [-0.2, 0) is 5.41 Å². The Morgan fingerprint density at radius 1 is 0.913 bits per heavy atom. The number of rotatable bonds is 1. The van der Waals surface area contributed by atoms with E-state index in [4.69, 9.17) is 0 Å². The summed E-state index contributed by atoms with van der Waals surface area (Å²) in [6.07, 6.45) is 0. The molecular weight excluding hydrogens is 282 g/mol. The Balaban J connectivity index is 2.37. The molecule has 2 nitrogen and oxygen atoms in total. The molecule has 0 radical (unpaired) electrons. The third-order valence-electron chi connectivity index (χ3n) is 4.18. The zero-order valence-electron chi connectivity index (χ0n) is 13.6. The largest absolute Gasteiger partial charge is 0.506 e. The molecule has 0 aliphatic carbocycles. The Morgan fingerprint density at radius 2 is 1.61 bits per heavy atom. The van der Waals surface area contributed by atoms with Crippen molar-refractivity contribution < 1.29 is 5.11 Å². The zero-order valence-corrected chi connectivity index (χ0v) is 13.6. The van der Waals surface area contributed by atoms with Gasteiger partial charge in [-0.15, -0.1) is 0 Å². The first-order valence-electron chi connectivity index (χ1n) is 7.67. The molecule has 0 unspecified atom stereocenters. The molecule has 1 N–H and O–H groups in total. The van der Waals surface area contributed by atoms with Crippen molar-refractivity contribution in [1.82, 2.24) is 0 Å². The van der Waals surface area contributed by atoms with Gasteiger partial charge in [0.05, 0.1) is 5.56 Å². The second-order valence-electron chi connectivity index (χ2n) is 6.81. The topological polar surface area (TPSA) is 44.0 Å². The number of hydrogen-bond donors (Lipinski definition) is 1. The van der Waals surface area contributed by atoms with Crippen LogP contribution in [0.25, 0.3) is 21.9 Å². The van der Waals surface area contributed by atoms with Crippen molar-refractivity contribution in [3.8, 4) is 22.9 Å². The second-order valence-corrected chi connectivity index (χ2v) is 6.81. The van der Waals surface area contributed by atoms with E-state index >= 15 is 0 Å². The molecule has 0 amide bonds. The van der Waals surface area contributed by atoms with Gasteiger partial charge in [-0.2, -0.15) is 5.26 Å². The predicted octanol–water partition coefficient (Wildman–Crippen LogP) is 5.38. The summed E-state index contributed by atoms with van der Waals surface area (Å²) in [6.45, 7) is 6.31. The van der Waals surface area contributed by atoms with Gasteiger partial charge in [-0.05, 0) is 39.4 Å². The van der Waals surface area contributed by atoms with E-state index in [-0.39, 0.29) is 11.2 Å². The maximum absolute atomic E-state index is 10.6. The van der Waals surface area contributed by atoms with Gasteiger partial charge in [0.25, 0.3) is 0 Å². The standard InChI is InChI=1S/C21H19NO/c1-21(2,3)16-11-15(13-22)20(23)19(12-16)18-10-6-8-14-7-4-5-9-17(14)18/h4-12,23H,1-3H3. The monoisotopic (exact) mass is 301 g/mol. The summed E-state index contributed by atoms with van der Waals surface area (Å²) in [4.78, 5) is 0. The summed E-state index contributed by atoms with van der Waals surface area (Å²) in [6, 6.07) is 20.0. The maximum Gasteiger partial charge on any atom is 0.141 e. The Labute approximate surface area is 136 Å². The summed E-state index contributed by atoms with van der Waals surface area (Å²) < 4.78 is 0. The van der Waals surface area contributed by atoms with E-state index in [1.165, 1.54) is 0 Å². The molecule has 0 aliphatic heterocycles. The van der Waals surface area contributed by atoms with Crippen molar-refractivity contribution in [2.45, 2.75) is 26.2 Å². The van der Waals surface area contributed by atoms with Gasteiger partial charge in [0.2, 0.25) is 0 Å². The Kier molecular flexibility index (Phi) is 3.58. The molecule has 0 aliphatic rings. The quantitative estimate of drug-likeness (QED) is 0.655. The van der Waals surface area contributed by atoms with Crippen molar-refractivity contribution in [3.05, 3.63) is 65.7 Å². The minimum absolute atomic E-state index is 0.0526. The molecule has 0 fully saturated rings. The fourth-order valence-electron chi connectivity index (χ4n) is 2.82. The van der Waals surface area contributed by atoms with E-state index in [9.17, 15) is 10.4 Å². The van der Waals surface area contributed by atoms with Crippen LogP contribution in [0.1, 0.15) is 31.9 Å². The van der Waals surface area contributed by atoms with Crippen LogP contribution in [0.4, 0.5) is 0 Å². The van der Waals surface area contributed by atoms with E-state index in [1.807, 2.05) is 36.4 Å². The molecule has 23 heavy (non-hydrogen) atoms. The van der Waals surface area contributed by atoms with Crippen LogP contribution in [-0.4, -0.2) is 5.11 Å². The summed E-state index contributed by atoms with van der Waals surface area (Å²) in [5.41, 5.74) is 2.92. The smallest absolute Gasteiger partial charge is 0.141 e. The molecule has 0 heterocycles. The van der Waals surface area contributed by atoms with Crippen LogP contribution in [0.3, 0.4) is 0 Å². The Hall–Kier alpha value is -2.79. The van der Waals surface area contributed by atoms with Gasteiger partial charge in [0.15, 0.2) is 0 Å². The van der Waals surface area contributed by atoms with Gasteiger partial charge in [-0.25, -0.2) is 0 Å². The summed E-state index contributed by atoms with van der Waals surface area (Å²) in [5, 5.41) is 22.1. The lowest BCUT2D eigenvalue weighted by Crippen LogP contribution is -2.11. The average Bonchev–Trinajstić information content (AvgIpc) is 2.53. The molecule has 0 spiro atoms. The SMILES string of the molecule is CC(C)(C)c1cc(C#N)c(O)c(-c2cccc3ccccc23)c1. The van der Waals surface area contributed by atoms with Crippen LogP contribution < -0.4 is 0 Å². The number of phenolic OH excluding ortho intramolecular Hbond substituents is 1. The molecule has 3 aromatic rings. The third-order valence-corrected chi connectivity index (χ3v) is 4.18. The molecule has 0 saturated carbocycles. The molecular formula is C21H19NO. The molecule has 2 heteroatoms. The number of fused-ring (bicyclic) bond motifs is 1. The van der Waals surface area contributed by atoms with Crippen molar-refractivity contribution in [2.75, 3.05) is 0 Å². The molecule has 0 aromatic heterocycles. The highest BCUT2D eigenvalue weighted by Gasteiger charge is 2.20. The lowest BCUT2D eigenvalue weighted by molar-refractivity contribution is 0.474. The van der Waals surface area contributed by atoms with E-state index in [2.05, 4.69) is 39.0 Å². The van der Waals surface area contributed by atoms with Gasteiger partial charge in [0.1, 0.15) is 11.8 Å². The fourth-order valence-corrected chi connectivity index (χ4v) is 2.82. The second kappa shape index (κ2) is 5.44. The summed E-state index contributed by atoms with van der Waals surface area (Å²) in [7, 11) is 0. The third kappa shape index (κ3) is 2.66. The minimum Gasteiger partial charge on any atom is -0.506 e. The molecule has 114 valence electrons. The van der Waals surface area contributed by atoms with Crippen LogP contribution in [0, 0.1) is 11.3 Å². The minimum atomic E-state index is -0.0986. The van der Waals surface area contributed by atoms with Gasteiger partial charge in [-0.3, -0.25) is 0 Å². The van der Waals surface area contributed by atoms with Crippen LogP contribution in [0.2, 0.25) is 0 Å². The molecule has 3 rings (SSSR count). The predicted molar refractivity (Wildman–Crippen MR) is 94.5 cm³/mol. The first kappa shape index (κ1) is 15.1. The highest BCUT2D eigenvalue weighted by Crippen LogP contribution is 2.39. The lowest BCUT2D eigenvalue weighted by Gasteiger charge is -2.21. The fraction of sp³-hybridized carbons (Fsp3) is 0.190. The number of benzene rings is 3. The molecule has 3 aromatic carbocycles. The van der Waals surface area contributed by atoms with Gasteiger partial charge in [0, 0.05) is 5.56 Å². The average molecular weight is 301 g/mol. The number of aromatic hydroxyl groups is 1. The van der Waals surface area contributed by atoms with Crippen molar-refractivity contribution in [3.63, 3.8) is 0 Å². The van der Waals surface area contributed by atoms with Gasteiger partial charge < -0.3 is 5.11 Å². The highest BCUT2D eigenvalue weighted by molar-refractivity contribution is 5.98. The summed E-state index contributed by atoms with van der Waals surface area (Å²) >= 11 is 0. The lowest BCUT2D eigenvalue weighted by atomic mass is 9.83. The zero-order chi connectivity index (χ0) is 16.6. The number of nitriles is 1. The molecule has 0 atom stereocenters. The van der Waals surface area contributed by atoms with E-state index in [0.29, 0.717) is 11.1 Å². The van der Waals surface area contributed by atoms with Crippen molar-refractivity contribution in [1.29, 1.82) is 5.26 Å². The summed E-state index contributed by atoms with van der Waals surface area (Å²) in [5.74, 6) is 0.0526. The molecule has 0 saturated heterocycles. The number of hydrogen-bond acceptors (Lipinski definition) is 2. The number of phenols is 1. The first-order chi connectivity index (χ1) is 10.9. The van der Waals surface area contributed by atoms with E-state index in [0.717, 1.165) is 21.9 Å². The molecule has 0 bridgehead atoms. The van der Waals surface area contributed by atoms with Crippen molar-refractivity contribution >= 4 is 10.8 Å². The Morgan fingerprint density at radius 3 is 2.30 bits per heavy atom.